The first-order valence-corrected chi connectivity index (χ1v) is 6.34. The Morgan fingerprint density at radius 3 is 2.81 bits per heavy atom. The first kappa shape index (κ1) is 13.1. The molecule has 8 nitrogen and oxygen atoms in total. The Labute approximate surface area is 118 Å². The SMILES string of the molecule is O=C(O)C1c2ccccc2CCN1c1n[nH]c(=O)[nH]c1=O. The van der Waals surface area contributed by atoms with E-state index < -0.39 is 23.3 Å². The molecular formula is C13H12N4O4. The van der Waals surface area contributed by atoms with E-state index in [4.69, 9.17) is 0 Å². The number of aliphatic carboxylic acids is 1. The van der Waals surface area contributed by atoms with Crippen molar-refractivity contribution in [3.8, 4) is 0 Å². The van der Waals surface area contributed by atoms with Crippen LogP contribution in [0.3, 0.4) is 0 Å². The number of benzene rings is 1. The number of aromatic nitrogens is 3. The maximum absolute atomic E-state index is 11.8. The van der Waals surface area contributed by atoms with Crippen molar-refractivity contribution in [3.63, 3.8) is 0 Å². The summed E-state index contributed by atoms with van der Waals surface area (Å²) in [6.45, 7) is 0.329. The van der Waals surface area contributed by atoms with E-state index >= 15 is 0 Å². The van der Waals surface area contributed by atoms with Crippen molar-refractivity contribution >= 4 is 11.8 Å². The quantitative estimate of drug-likeness (QED) is 0.694. The van der Waals surface area contributed by atoms with Crippen LogP contribution in [-0.2, 0) is 11.2 Å². The molecule has 108 valence electrons. The topological polar surface area (TPSA) is 119 Å². The number of carboxylic acid groups (broad SMARTS) is 1. The molecule has 2 heterocycles. The molecule has 0 saturated carbocycles. The molecule has 0 bridgehead atoms. The Hall–Kier alpha value is -2.90. The minimum absolute atomic E-state index is 0.100. The van der Waals surface area contributed by atoms with Gasteiger partial charge in [0.15, 0.2) is 6.04 Å². The summed E-state index contributed by atoms with van der Waals surface area (Å²) in [6, 6.07) is 6.18. The van der Waals surface area contributed by atoms with Crippen LogP contribution in [0.25, 0.3) is 0 Å². The van der Waals surface area contributed by atoms with Crippen LogP contribution in [0.4, 0.5) is 5.82 Å². The highest BCUT2D eigenvalue weighted by Gasteiger charge is 2.35. The fourth-order valence-corrected chi connectivity index (χ4v) is 2.60. The fraction of sp³-hybridized carbons (Fsp3) is 0.231. The molecule has 3 N–H and O–H groups in total. The Morgan fingerprint density at radius 1 is 1.33 bits per heavy atom. The number of rotatable bonds is 2. The van der Waals surface area contributed by atoms with Crippen molar-refractivity contribution in [2.24, 2.45) is 0 Å². The van der Waals surface area contributed by atoms with Crippen molar-refractivity contribution in [3.05, 3.63) is 56.2 Å². The second kappa shape index (κ2) is 4.89. The van der Waals surface area contributed by atoms with Crippen molar-refractivity contribution in [2.45, 2.75) is 12.5 Å². The van der Waals surface area contributed by atoms with Crippen LogP contribution in [0.15, 0.2) is 33.9 Å². The van der Waals surface area contributed by atoms with E-state index in [0.717, 1.165) is 5.56 Å². The van der Waals surface area contributed by atoms with Gasteiger partial charge < -0.3 is 10.0 Å². The van der Waals surface area contributed by atoms with Crippen LogP contribution in [0.5, 0.6) is 0 Å². The lowest BCUT2D eigenvalue weighted by Gasteiger charge is -2.34. The number of hydrogen-bond acceptors (Lipinski definition) is 5. The summed E-state index contributed by atoms with van der Waals surface area (Å²) < 4.78 is 0. The van der Waals surface area contributed by atoms with Gasteiger partial charge in [0.2, 0.25) is 5.82 Å². The molecule has 1 aliphatic rings. The highest BCUT2D eigenvalue weighted by molar-refractivity contribution is 5.80. The smallest absolute Gasteiger partial charge is 0.342 e. The molecule has 1 unspecified atom stereocenters. The molecule has 1 aromatic carbocycles. The molecule has 21 heavy (non-hydrogen) atoms. The molecule has 8 heteroatoms. The molecule has 2 aromatic rings. The van der Waals surface area contributed by atoms with Crippen molar-refractivity contribution in [1.82, 2.24) is 15.2 Å². The number of carboxylic acids is 1. The minimum atomic E-state index is -1.07. The molecule has 0 spiro atoms. The standard InChI is InChI=1S/C13H12N4O4/c18-11-10(15-16-13(21)14-11)17-6-5-7-3-1-2-4-8(7)9(17)12(19)20/h1-4,9H,5-6H2,(H,19,20)(H2,14,16,18,21). The molecule has 0 fully saturated rings. The van der Waals surface area contributed by atoms with Crippen molar-refractivity contribution in [1.29, 1.82) is 0 Å². The molecule has 1 atom stereocenters. The van der Waals surface area contributed by atoms with Crippen molar-refractivity contribution in [2.75, 3.05) is 11.4 Å². The number of aromatic amines is 2. The van der Waals surface area contributed by atoms with Crippen molar-refractivity contribution < 1.29 is 9.90 Å². The van der Waals surface area contributed by atoms with Gasteiger partial charge in [0.25, 0.3) is 5.56 Å². The first-order chi connectivity index (χ1) is 10.1. The summed E-state index contributed by atoms with van der Waals surface area (Å²) >= 11 is 0. The molecule has 0 aliphatic carbocycles. The number of nitrogens with one attached hydrogen (secondary N) is 2. The average molecular weight is 288 g/mol. The van der Waals surface area contributed by atoms with Gasteiger partial charge in [-0.3, -0.25) is 9.78 Å². The Kier molecular flexibility index (Phi) is 3.05. The van der Waals surface area contributed by atoms with Gasteiger partial charge in [0, 0.05) is 6.54 Å². The Bertz CT molecular complexity index is 810. The monoisotopic (exact) mass is 288 g/mol. The average Bonchev–Trinajstić information content (AvgIpc) is 2.46. The van der Waals surface area contributed by atoms with Gasteiger partial charge in [-0.15, -0.1) is 5.10 Å². The maximum atomic E-state index is 11.8. The van der Waals surface area contributed by atoms with Crippen LogP contribution < -0.4 is 16.1 Å². The molecule has 0 saturated heterocycles. The number of anilines is 1. The zero-order valence-electron chi connectivity index (χ0n) is 10.9. The lowest BCUT2D eigenvalue weighted by molar-refractivity contribution is -0.138. The van der Waals surface area contributed by atoms with Gasteiger partial charge in [-0.2, -0.15) is 0 Å². The molecule has 0 amide bonds. The summed E-state index contributed by atoms with van der Waals surface area (Å²) in [5.41, 5.74) is 0.128. The van der Waals surface area contributed by atoms with Gasteiger partial charge in [-0.1, -0.05) is 24.3 Å². The fourth-order valence-electron chi connectivity index (χ4n) is 2.60. The summed E-state index contributed by atoms with van der Waals surface area (Å²) in [6.07, 6.45) is 0.597. The van der Waals surface area contributed by atoms with E-state index in [9.17, 15) is 19.5 Å². The molecule has 1 aromatic heterocycles. The lowest BCUT2D eigenvalue weighted by atomic mass is 9.92. The number of carbonyl (C=O) groups is 1. The predicted octanol–water partition coefficient (Wildman–Crippen LogP) is -0.353. The number of H-pyrrole nitrogens is 2. The lowest BCUT2D eigenvalue weighted by Crippen LogP contribution is -2.44. The second-order valence-electron chi connectivity index (χ2n) is 4.71. The van der Waals surface area contributed by atoms with Crippen LogP contribution in [0, 0.1) is 0 Å². The Balaban J connectivity index is 2.13. The van der Waals surface area contributed by atoms with Crippen LogP contribution in [0.1, 0.15) is 17.2 Å². The van der Waals surface area contributed by atoms with Gasteiger partial charge >= 0.3 is 11.7 Å². The molecular weight excluding hydrogens is 276 g/mol. The van der Waals surface area contributed by atoms with Crippen LogP contribution >= 0.6 is 0 Å². The van der Waals surface area contributed by atoms with Gasteiger partial charge in [0.1, 0.15) is 0 Å². The van der Waals surface area contributed by atoms with E-state index in [2.05, 4.69) is 15.2 Å². The van der Waals surface area contributed by atoms with Crippen LogP contribution in [-0.4, -0.2) is 32.8 Å². The minimum Gasteiger partial charge on any atom is -0.479 e. The predicted molar refractivity (Wildman–Crippen MR) is 73.3 cm³/mol. The molecule has 0 radical (unpaired) electrons. The van der Waals surface area contributed by atoms with E-state index in [1.807, 2.05) is 12.1 Å². The number of nitrogens with zero attached hydrogens (tertiary/aromatic N) is 2. The molecule has 1 aliphatic heterocycles. The summed E-state index contributed by atoms with van der Waals surface area (Å²) in [4.78, 5) is 37.9. The summed E-state index contributed by atoms with van der Waals surface area (Å²) in [5.74, 6) is -1.17. The largest absolute Gasteiger partial charge is 0.479 e. The highest BCUT2D eigenvalue weighted by atomic mass is 16.4. The third-order valence-corrected chi connectivity index (χ3v) is 3.48. The molecule has 3 rings (SSSR count). The van der Waals surface area contributed by atoms with Gasteiger partial charge in [-0.25, -0.2) is 14.7 Å². The Morgan fingerprint density at radius 2 is 2.10 bits per heavy atom. The highest BCUT2D eigenvalue weighted by Crippen LogP contribution is 2.31. The third-order valence-electron chi connectivity index (χ3n) is 3.48. The first-order valence-electron chi connectivity index (χ1n) is 6.34. The second-order valence-corrected chi connectivity index (χ2v) is 4.71. The van der Waals surface area contributed by atoms with E-state index in [1.165, 1.54) is 4.90 Å². The number of fused-ring (bicyclic) bond motifs is 1. The van der Waals surface area contributed by atoms with E-state index in [0.29, 0.717) is 18.5 Å². The zero-order chi connectivity index (χ0) is 15.0. The maximum Gasteiger partial charge on any atom is 0.342 e. The van der Waals surface area contributed by atoms with Crippen LogP contribution in [0.2, 0.25) is 0 Å². The zero-order valence-corrected chi connectivity index (χ0v) is 10.9. The van der Waals surface area contributed by atoms with Gasteiger partial charge in [-0.05, 0) is 17.5 Å². The van der Waals surface area contributed by atoms with E-state index in [1.54, 1.807) is 12.1 Å². The number of hydrogen-bond donors (Lipinski definition) is 3. The third kappa shape index (κ3) is 2.20. The van der Waals surface area contributed by atoms with Gasteiger partial charge in [0.05, 0.1) is 0 Å². The summed E-state index contributed by atoms with van der Waals surface area (Å²) in [7, 11) is 0. The van der Waals surface area contributed by atoms with E-state index in [-0.39, 0.29) is 5.82 Å². The summed E-state index contributed by atoms with van der Waals surface area (Å²) in [5, 5.41) is 15.3. The normalized spacial score (nSPS) is 17.3.